The van der Waals surface area contributed by atoms with Gasteiger partial charge in [0.05, 0.1) is 11.4 Å². The van der Waals surface area contributed by atoms with Crippen LogP contribution in [-0.2, 0) is 15.8 Å². The fourth-order valence-electron chi connectivity index (χ4n) is 2.06. The van der Waals surface area contributed by atoms with Crippen LogP contribution in [0.25, 0.3) is 0 Å². The average Bonchev–Trinajstić information content (AvgIpc) is 2.04. The minimum atomic E-state index is -1.73. The van der Waals surface area contributed by atoms with E-state index in [1.165, 1.54) is 6.42 Å². The SMILES string of the molecule is CCOC1(CS(=O)O)CCCCC1. The zero-order chi connectivity index (χ0) is 9.73. The van der Waals surface area contributed by atoms with Gasteiger partial charge < -0.3 is 9.29 Å². The standard InChI is InChI=1S/C9H18O3S/c1-2-12-9(8-13(10)11)6-4-3-5-7-9/h2-8H2,1H3,(H,10,11). The van der Waals surface area contributed by atoms with Gasteiger partial charge >= 0.3 is 0 Å². The van der Waals surface area contributed by atoms with E-state index in [1.54, 1.807) is 0 Å². The molecule has 0 amide bonds. The molecule has 13 heavy (non-hydrogen) atoms. The molecule has 0 aliphatic heterocycles. The van der Waals surface area contributed by atoms with Gasteiger partial charge in [-0.2, -0.15) is 0 Å². The van der Waals surface area contributed by atoms with Crippen LogP contribution in [0.5, 0.6) is 0 Å². The molecule has 1 unspecified atom stereocenters. The van der Waals surface area contributed by atoms with Gasteiger partial charge in [-0.1, -0.05) is 19.3 Å². The van der Waals surface area contributed by atoms with Crippen molar-refractivity contribution in [1.29, 1.82) is 0 Å². The maximum absolute atomic E-state index is 10.8. The van der Waals surface area contributed by atoms with Crippen molar-refractivity contribution in [3.63, 3.8) is 0 Å². The van der Waals surface area contributed by atoms with Gasteiger partial charge in [-0.05, 0) is 19.8 Å². The molecule has 0 aromatic heterocycles. The molecule has 3 nitrogen and oxygen atoms in total. The van der Waals surface area contributed by atoms with Crippen LogP contribution in [0.1, 0.15) is 39.0 Å². The van der Waals surface area contributed by atoms with Crippen LogP contribution in [0, 0.1) is 0 Å². The van der Waals surface area contributed by atoms with Crippen molar-refractivity contribution in [2.45, 2.75) is 44.6 Å². The maximum Gasteiger partial charge on any atom is 0.155 e. The fourth-order valence-corrected chi connectivity index (χ4v) is 2.88. The van der Waals surface area contributed by atoms with Gasteiger partial charge in [0.15, 0.2) is 11.1 Å². The molecule has 4 heteroatoms. The van der Waals surface area contributed by atoms with Crippen LogP contribution in [0.3, 0.4) is 0 Å². The Morgan fingerprint density at radius 1 is 1.38 bits per heavy atom. The summed E-state index contributed by atoms with van der Waals surface area (Å²) in [5, 5.41) is 0. The summed E-state index contributed by atoms with van der Waals surface area (Å²) < 4.78 is 25.3. The highest BCUT2D eigenvalue weighted by molar-refractivity contribution is 7.79. The molecule has 1 fully saturated rings. The van der Waals surface area contributed by atoms with Gasteiger partial charge in [-0.25, -0.2) is 4.21 Å². The minimum Gasteiger partial charge on any atom is -0.374 e. The van der Waals surface area contributed by atoms with E-state index in [1.807, 2.05) is 6.92 Å². The zero-order valence-electron chi connectivity index (χ0n) is 8.12. The summed E-state index contributed by atoms with van der Waals surface area (Å²) in [6.07, 6.45) is 5.35. The first-order valence-electron chi connectivity index (χ1n) is 4.90. The summed E-state index contributed by atoms with van der Waals surface area (Å²) >= 11 is -1.73. The van der Waals surface area contributed by atoms with Gasteiger partial charge in [0.2, 0.25) is 0 Å². The van der Waals surface area contributed by atoms with Crippen molar-refractivity contribution in [3.05, 3.63) is 0 Å². The number of ether oxygens (including phenoxy) is 1. The van der Waals surface area contributed by atoms with E-state index in [-0.39, 0.29) is 11.4 Å². The third-order valence-electron chi connectivity index (χ3n) is 2.60. The third kappa shape index (κ3) is 3.37. The van der Waals surface area contributed by atoms with Crippen molar-refractivity contribution in [3.8, 4) is 0 Å². The highest BCUT2D eigenvalue weighted by atomic mass is 32.2. The highest BCUT2D eigenvalue weighted by Crippen LogP contribution is 2.32. The second-order valence-corrected chi connectivity index (χ2v) is 4.57. The molecular weight excluding hydrogens is 188 g/mol. The van der Waals surface area contributed by atoms with Crippen molar-refractivity contribution >= 4 is 11.1 Å². The first-order valence-corrected chi connectivity index (χ1v) is 6.17. The smallest absolute Gasteiger partial charge is 0.155 e. The fraction of sp³-hybridized carbons (Fsp3) is 1.00. The van der Waals surface area contributed by atoms with Crippen LogP contribution in [0.4, 0.5) is 0 Å². The molecular formula is C9H18O3S. The zero-order valence-corrected chi connectivity index (χ0v) is 8.94. The molecule has 78 valence electrons. The molecule has 1 atom stereocenters. The average molecular weight is 206 g/mol. The minimum absolute atomic E-state index is 0.279. The number of rotatable bonds is 4. The monoisotopic (exact) mass is 206 g/mol. The van der Waals surface area contributed by atoms with E-state index < -0.39 is 11.1 Å². The summed E-state index contributed by atoms with van der Waals surface area (Å²) in [5.74, 6) is 0.279. The molecule has 0 aromatic rings. The molecule has 0 spiro atoms. The van der Waals surface area contributed by atoms with Crippen LogP contribution in [0.2, 0.25) is 0 Å². The highest BCUT2D eigenvalue weighted by Gasteiger charge is 2.34. The first kappa shape index (κ1) is 11.1. The molecule has 1 aliphatic rings. The summed E-state index contributed by atoms with van der Waals surface area (Å²) in [5.41, 5.74) is -0.299. The summed E-state index contributed by atoms with van der Waals surface area (Å²) in [7, 11) is 0. The summed E-state index contributed by atoms with van der Waals surface area (Å²) in [4.78, 5) is 0. The quantitative estimate of drug-likeness (QED) is 0.715. The third-order valence-corrected chi connectivity index (χ3v) is 3.37. The molecule has 0 heterocycles. The predicted molar refractivity (Wildman–Crippen MR) is 53.1 cm³/mol. The number of hydrogen-bond acceptors (Lipinski definition) is 2. The lowest BCUT2D eigenvalue weighted by Crippen LogP contribution is -2.40. The molecule has 1 aliphatic carbocycles. The van der Waals surface area contributed by atoms with Gasteiger partial charge in [-0.3, -0.25) is 0 Å². The molecule has 0 aromatic carbocycles. The Labute approximate surface area is 82.1 Å². The lowest BCUT2D eigenvalue weighted by Gasteiger charge is -2.35. The van der Waals surface area contributed by atoms with Crippen molar-refractivity contribution < 1.29 is 13.5 Å². The molecule has 0 saturated heterocycles. The Hall–Kier alpha value is 0.0700. The van der Waals surface area contributed by atoms with Crippen molar-refractivity contribution in [2.24, 2.45) is 0 Å². The molecule has 0 radical (unpaired) electrons. The molecule has 0 bridgehead atoms. The van der Waals surface area contributed by atoms with Gasteiger partial charge in [0.25, 0.3) is 0 Å². The number of hydrogen-bond donors (Lipinski definition) is 1. The Morgan fingerprint density at radius 3 is 2.46 bits per heavy atom. The van der Waals surface area contributed by atoms with E-state index in [0.717, 1.165) is 25.7 Å². The van der Waals surface area contributed by atoms with E-state index in [2.05, 4.69) is 0 Å². The largest absolute Gasteiger partial charge is 0.374 e. The summed E-state index contributed by atoms with van der Waals surface area (Å²) in [6, 6.07) is 0. The lowest BCUT2D eigenvalue weighted by atomic mass is 9.86. The predicted octanol–water partition coefficient (Wildman–Crippen LogP) is 1.95. The maximum atomic E-state index is 10.8. The van der Waals surface area contributed by atoms with E-state index in [9.17, 15) is 4.21 Å². The topological polar surface area (TPSA) is 46.5 Å². The van der Waals surface area contributed by atoms with Gasteiger partial charge in [-0.15, -0.1) is 0 Å². The second-order valence-electron chi connectivity index (χ2n) is 3.64. The Bertz CT molecular complexity index is 170. The van der Waals surface area contributed by atoms with Crippen LogP contribution < -0.4 is 0 Å². The second kappa shape index (κ2) is 5.08. The Kier molecular flexibility index (Phi) is 4.35. The van der Waals surface area contributed by atoms with Crippen LogP contribution in [0.15, 0.2) is 0 Å². The van der Waals surface area contributed by atoms with E-state index in [0.29, 0.717) is 6.61 Å². The van der Waals surface area contributed by atoms with Gasteiger partial charge in [0, 0.05) is 6.61 Å². The normalized spacial score (nSPS) is 24.2. The van der Waals surface area contributed by atoms with Crippen molar-refractivity contribution in [2.75, 3.05) is 12.4 Å². The molecule has 1 rings (SSSR count). The molecule has 1 saturated carbocycles. The van der Waals surface area contributed by atoms with E-state index >= 15 is 0 Å². The van der Waals surface area contributed by atoms with Gasteiger partial charge in [0.1, 0.15) is 0 Å². The molecule has 1 N–H and O–H groups in total. The lowest BCUT2D eigenvalue weighted by molar-refractivity contribution is -0.0473. The van der Waals surface area contributed by atoms with Crippen molar-refractivity contribution in [1.82, 2.24) is 0 Å². The summed E-state index contributed by atoms with van der Waals surface area (Å²) in [6.45, 7) is 2.58. The van der Waals surface area contributed by atoms with Crippen LogP contribution >= 0.6 is 0 Å². The van der Waals surface area contributed by atoms with Crippen LogP contribution in [-0.4, -0.2) is 26.7 Å². The Balaban J connectivity index is 2.55. The Morgan fingerprint density at radius 2 is 2.00 bits per heavy atom. The van der Waals surface area contributed by atoms with E-state index in [4.69, 9.17) is 9.29 Å². The first-order chi connectivity index (χ1) is 6.18.